The molecular weight excluding hydrogens is 200 g/mol. The summed E-state index contributed by atoms with van der Waals surface area (Å²) in [7, 11) is 0. The SMILES string of the molecule is Cc1ccc2c(c1)C1C(N)CC(=O)N1CC2. The van der Waals surface area contributed by atoms with Gasteiger partial charge in [0.05, 0.1) is 6.04 Å². The van der Waals surface area contributed by atoms with E-state index < -0.39 is 0 Å². The minimum absolute atomic E-state index is 0.0339. The molecule has 0 radical (unpaired) electrons. The van der Waals surface area contributed by atoms with Crippen molar-refractivity contribution < 1.29 is 4.79 Å². The first kappa shape index (κ1) is 9.85. The first-order valence-corrected chi connectivity index (χ1v) is 5.81. The van der Waals surface area contributed by atoms with Crippen molar-refractivity contribution in [1.29, 1.82) is 0 Å². The van der Waals surface area contributed by atoms with E-state index in [0.717, 1.165) is 13.0 Å². The van der Waals surface area contributed by atoms with E-state index in [1.54, 1.807) is 0 Å². The number of carbonyl (C=O) groups is 1. The molecule has 1 saturated heterocycles. The van der Waals surface area contributed by atoms with Crippen molar-refractivity contribution >= 4 is 5.91 Å². The Hall–Kier alpha value is -1.35. The largest absolute Gasteiger partial charge is 0.334 e. The van der Waals surface area contributed by atoms with Crippen molar-refractivity contribution in [2.75, 3.05) is 6.54 Å². The van der Waals surface area contributed by atoms with Crippen LogP contribution in [0, 0.1) is 6.92 Å². The Kier molecular flexibility index (Phi) is 2.04. The maximum absolute atomic E-state index is 11.8. The molecule has 16 heavy (non-hydrogen) atoms. The molecule has 2 aliphatic rings. The van der Waals surface area contributed by atoms with Crippen LogP contribution in [0.3, 0.4) is 0 Å². The highest BCUT2D eigenvalue weighted by Crippen LogP contribution is 2.37. The molecule has 0 saturated carbocycles. The van der Waals surface area contributed by atoms with Crippen LogP contribution in [0.25, 0.3) is 0 Å². The summed E-state index contributed by atoms with van der Waals surface area (Å²) in [4.78, 5) is 13.7. The number of hydrogen-bond acceptors (Lipinski definition) is 2. The third-order valence-electron chi connectivity index (χ3n) is 3.71. The normalized spacial score (nSPS) is 27.9. The molecule has 1 fully saturated rings. The van der Waals surface area contributed by atoms with Gasteiger partial charge in [0.15, 0.2) is 0 Å². The van der Waals surface area contributed by atoms with Crippen LogP contribution in [0.15, 0.2) is 18.2 Å². The number of nitrogens with zero attached hydrogens (tertiary/aromatic N) is 1. The lowest BCUT2D eigenvalue weighted by molar-refractivity contribution is -0.129. The van der Waals surface area contributed by atoms with Crippen molar-refractivity contribution in [1.82, 2.24) is 4.90 Å². The molecule has 3 heteroatoms. The van der Waals surface area contributed by atoms with Gasteiger partial charge in [0.25, 0.3) is 0 Å². The summed E-state index contributed by atoms with van der Waals surface area (Å²) in [5.41, 5.74) is 9.95. The van der Waals surface area contributed by atoms with Gasteiger partial charge in [0.2, 0.25) is 5.91 Å². The van der Waals surface area contributed by atoms with Crippen molar-refractivity contribution in [2.24, 2.45) is 5.73 Å². The van der Waals surface area contributed by atoms with Crippen LogP contribution in [0.5, 0.6) is 0 Å². The minimum atomic E-state index is -0.0339. The predicted octanol–water partition coefficient (Wildman–Crippen LogP) is 1.15. The smallest absolute Gasteiger partial charge is 0.224 e. The van der Waals surface area contributed by atoms with E-state index >= 15 is 0 Å². The molecule has 2 aliphatic heterocycles. The molecule has 2 unspecified atom stereocenters. The minimum Gasteiger partial charge on any atom is -0.334 e. The van der Waals surface area contributed by atoms with Crippen molar-refractivity contribution in [3.05, 3.63) is 34.9 Å². The van der Waals surface area contributed by atoms with Gasteiger partial charge in [-0.25, -0.2) is 0 Å². The second-order valence-electron chi connectivity index (χ2n) is 4.85. The Balaban J connectivity index is 2.11. The van der Waals surface area contributed by atoms with Crippen LogP contribution < -0.4 is 5.73 Å². The lowest BCUT2D eigenvalue weighted by Gasteiger charge is -2.33. The van der Waals surface area contributed by atoms with Crippen molar-refractivity contribution in [2.45, 2.75) is 31.8 Å². The molecule has 1 amide bonds. The highest BCUT2D eigenvalue weighted by Gasteiger charge is 2.41. The molecule has 84 valence electrons. The van der Waals surface area contributed by atoms with Crippen LogP contribution in [0.1, 0.15) is 29.2 Å². The van der Waals surface area contributed by atoms with E-state index in [-0.39, 0.29) is 18.0 Å². The van der Waals surface area contributed by atoms with Crippen molar-refractivity contribution in [3.8, 4) is 0 Å². The zero-order chi connectivity index (χ0) is 11.3. The predicted molar refractivity (Wildman–Crippen MR) is 61.9 cm³/mol. The maximum atomic E-state index is 11.8. The van der Waals surface area contributed by atoms with Gasteiger partial charge >= 0.3 is 0 Å². The number of hydrogen-bond donors (Lipinski definition) is 1. The Morgan fingerprint density at radius 1 is 1.44 bits per heavy atom. The number of benzene rings is 1. The summed E-state index contributed by atoms with van der Waals surface area (Å²) in [5, 5.41) is 0. The second kappa shape index (κ2) is 3.32. The summed E-state index contributed by atoms with van der Waals surface area (Å²) in [6.07, 6.45) is 1.46. The zero-order valence-corrected chi connectivity index (χ0v) is 9.44. The fraction of sp³-hybridized carbons (Fsp3) is 0.462. The highest BCUT2D eigenvalue weighted by molar-refractivity contribution is 5.81. The number of aryl methyl sites for hydroxylation is 1. The van der Waals surface area contributed by atoms with Gasteiger partial charge in [-0.3, -0.25) is 4.79 Å². The standard InChI is InChI=1S/C13H16N2O/c1-8-2-3-9-4-5-15-12(16)7-11(14)13(15)10(9)6-8/h2-3,6,11,13H,4-5,7,14H2,1H3. The van der Waals surface area contributed by atoms with E-state index in [9.17, 15) is 4.79 Å². The third kappa shape index (κ3) is 1.28. The number of fused-ring (bicyclic) bond motifs is 3. The molecule has 2 atom stereocenters. The monoisotopic (exact) mass is 216 g/mol. The van der Waals surface area contributed by atoms with Crippen molar-refractivity contribution in [3.63, 3.8) is 0 Å². The molecule has 0 aromatic heterocycles. The number of amides is 1. The molecule has 0 aliphatic carbocycles. The molecule has 1 aromatic rings. The lowest BCUT2D eigenvalue weighted by atomic mass is 9.89. The summed E-state index contributed by atoms with van der Waals surface area (Å²) in [5.74, 6) is 0.213. The van der Waals surface area contributed by atoms with Crippen LogP contribution in [0.2, 0.25) is 0 Å². The van der Waals surface area contributed by atoms with E-state index in [1.165, 1.54) is 16.7 Å². The Morgan fingerprint density at radius 2 is 2.25 bits per heavy atom. The van der Waals surface area contributed by atoms with Gasteiger partial charge in [0, 0.05) is 19.0 Å². The number of carbonyl (C=O) groups excluding carboxylic acids is 1. The topological polar surface area (TPSA) is 46.3 Å². The molecule has 0 spiro atoms. The summed E-state index contributed by atoms with van der Waals surface area (Å²) in [6.45, 7) is 2.91. The Bertz CT molecular complexity index is 455. The average Bonchev–Trinajstić information content (AvgIpc) is 2.54. The Morgan fingerprint density at radius 3 is 3.06 bits per heavy atom. The first-order valence-electron chi connectivity index (χ1n) is 5.81. The Labute approximate surface area is 95.2 Å². The van der Waals surface area contributed by atoms with Gasteiger partial charge in [-0.1, -0.05) is 23.8 Å². The maximum Gasteiger partial charge on any atom is 0.224 e. The molecule has 2 N–H and O–H groups in total. The van der Waals surface area contributed by atoms with Gasteiger partial charge in [-0.05, 0) is 24.5 Å². The molecule has 3 rings (SSSR count). The first-order chi connectivity index (χ1) is 7.66. The van der Waals surface area contributed by atoms with E-state index in [0.29, 0.717) is 6.42 Å². The fourth-order valence-corrected chi connectivity index (χ4v) is 2.94. The van der Waals surface area contributed by atoms with Crippen LogP contribution in [-0.2, 0) is 11.2 Å². The zero-order valence-electron chi connectivity index (χ0n) is 9.44. The molecule has 3 nitrogen and oxygen atoms in total. The third-order valence-corrected chi connectivity index (χ3v) is 3.71. The van der Waals surface area contributed by atoms with E-state index in [2.05, 4.69) is 25.1 Å². The molecule has 0 bridgehead atoms. The average molecular weight is 216 g/mol. The number of rotatable bonds is 0. The quantitative estimate of drug-likeness (QED) is 0.707. The number of nitrogens with two attached hydrogens (primary N) is 1. The van der Waals surface area contributed by atoms with E-state index in [1.807, 2.05) is 4.90 Å². The summed E-state index contributed by atoms with van der Waals surface area (Å²) in [6, 6.07) is 6.59. The lowest BCUT2D eigenvalue weighted by Crippen LogP contribution is -2.38. The van der Waals surface area contributed by atoms with Gasteiger partial charge < -0.3 is 10.6 Å². The van der Waals surface area contributed by atoms with Gasteiger partial charge in [0.1, 0.15) is 0 Å². The van der Waals surface area contributed by atoms with Crippen LogP contribution in [0.4, 0.5) is 0 Å². The van der Waals surface area contributed by atoms with Gasteiger partial charge in [-0.2, -0.15) is 0 Å². The van der Waals surface area contributed by atoms with Crippen LogP contribution >= 0.6 is 0 Å². The van der Waals surface area contributed by atoms with Gasteiger partial charge in [-0.15, -0.1) is 0 Å². The highest BCUT2D eigenvalue weighted by atomic mass is 16.2. The molecule has 2 heterocycles. The van der Waals surface area contributed by atoms with E-state index in [4.69, 9.17) is 5.73 Å². The summed E-state index contributed by atoms with van der Waals surface area (Å²) >= 11 is 0. The summed E-state index contributed by atoms with van der Waals surface area (Å²) < 4.78 is 0. The molecule has 1 aromatic carbocycles. The molecular formula is C13H16N2O. The van der Waals surface area contributed by atoms with Crippen LogP contribution in [-0.4, -0.2) is 23.4 Å². The second-order valence-corrected chi connectivity index (χ2v) is 4.85. The fourth-order valence-electron chi connectivity index (χ4n) is 2.94.